The van der Waals surface area contributed by atoms with Crippen molar-refractivity contribution in [2.75, 3.05) is 6.61 Å². The van der Waals surface area contributed by atoms with Gasteiger partial charge in [0.1, 0.15) is 4.83 Å². The van der Waals surface area contributed by atoms with E-state index in [0.29, 0.717) is 21.6 Å². The topological polar surface area (TPSA) is 61.2 Å². The summed E-state index contributed by atoms with van der Waals surface area (Å²) in [7, 11) is 0. The van der Waals surface area contributed by atoms with Gasteiger partial charge in [0.2, 0.25) is 0 Å². The van der Waals surface area contributed by atoms with E-state index < -0.39 is 0 Å². The van der Waals surface area contributed by atoms with Crippen molar-refractivity contribution in [2.45, 2.75) is 39.3 Å². The Morgan fingerprint density at radius 1 is 1.60 bits per heavy atom. The van der Waals surface area contributed by atoms with Gasteiger partial charge < -0.3 is 4.74 Å². The molecule has 1 aliphatic heterocycles. The van der Waals surface area contributed by atoms with E-state index in [1.54, 1.807) is 10.9 Å². The number of Topliss-reactive ketones (excluding diaryl/α,β-unsaturated/α-hetero) is 1. The molecule has 0 radical (unpaired) electrons. The van der Waals surface area contributed by atoms with Crippen LogP contribution in [0, 0.1) is 6.92 Å². The van der Waals surface area contributed by atoms with Crippen molar-refractivity contribution in [2.24, 2.45) is 0 Å². The molecule has 0 N–H and O–H groups in total. The van der Waals surface area contributed by atoms with Crippen LogP contribution in [0.1, 0.15) is 35.0 Å². The summed E-state index contributed by atoms with van der Waals surface area (Å²) in [4.78, 5) is 29.7. The Bertz CT molecular complexity index is 726. The highest BCUT2D eigenvalue weighted by atomic mass is 32.1. The molecule has 1 unspecified atom stereocenters. The number of ketones is 1. The zero-order chi connectivity index (χ0) is 14.3. The fraction of sp³-hybridized carbons (Fsp3) is 0.500. The zero-order valence-electron chi connectivity index (χ0n) is 11.5. The summed E-state index contributed by atoms with van der Waals surface area (Å²) in [6, 6.07) is 0. The normalized spacial score (nSPS) is 18.8. The van der Waals surface area contributed by atoms with Crippen molar-refractivity contribution in [3.8, 4) is 0 Å². The van der Waals surface area contributed by atoms with Crippen LogP contribution >= 0.6 is 11.3 Å². The Morgan fingerprint density at radius 2 is 2.40 bits per heavy atom. The predicted molar refractivity (Wildman–Crippen MR) is 77.6 cm³/mol. The number of fused-ring (bicyclic) bond motifs is 1. The highest BCUT2D eigenvalue weighted by molar-refractivity contribution is 7.20. The lowest BCUT2D eigenvalue weighted by Crippen LogP contribution is -2.26. The molecule has 1 saturated heterocycles. The molecule has 20 heavy (non-hydrogen) atoms. The minimum absolute atomic E-state index is 0.0180. The first-order valence-corrected chi connectivity index (χ1v) is 7.50. The average molecular weight is 292 g/mol. The first-order valence-electron chi connectivity index (χ1n) is 6.69. The van der Waals surface area contributed by atoms with Crippen LogP contribution in [0.4, 0.5) is 0 Å². The second kappa shape index (κ2) is 5.10. The molecule has 2 aromatic rings. The summed E-state index contributed by atoms with van der Waals surface area (Å²) in [5.74, 6) is -0.0180. The Labute approximate surface area is 120 Å². The third-order valence-corrected chi connectivity index (χ3v) is 4.96. The third kappa shape index (κ3) is 2.19. The number of nitrogens with zero attached hydrogens (tertiary/aromatic N) is 2. The molecule has 1 aliphatic rings. The lowest BCUT2D eigenvalue weighted by Gasteiger charge is -2.11. The summed E-state index contributed by atoms with van der Waals surface area (Å²) in [6.07, 6.45) is 3.68. The third-order valence-electron chi connectivity index (χ3n) is 3.66. The van der Waals surface area contributed by atoms with Gasteiger partial charge in [0.25, 0.3) is 5.56 Å². The lowest BCUT2D eigenvalue weighted by atomic mass is 10.2. The van der Waals surface area contributed by atoms with Gasteiger partial charge in [0.15, 0.2) is 5.78 Å². The molecule has 0 amide bonds. The number of thiophene rings is 1. The van der Waals surface area contributed by atoms with Gasteiger partial charge in [-0.3, -0.25) is 14.2 Å². The van der Waals surface area contributed by atoms with E-state index in [0.717, 1.165) is 25.0 Å². The monoisotopic (exact) mass is 292 g/mol. The first kappa shape index (κ1) is 13.5. The number of carbonyl (C=O) groups excluding carboxylic acids is 1. The second-order valence-electron chi connectivity index (χ2n) is 5.13. The van der Waals surface area contributed by atoms with E-state index in [1.165, 1.54) is 18.3 Å². The molecule has 106 valence electrons. The molecule has 2 aromatic heterocycles. The largest absolute Gasteiger partial charge is 0.376 e. The van der Waals surface area contributed by atoms with Gasteiger partial charge in [-0.05, 0) is 32.3 Å². The smallest absolute Gasteiger partial charge is 0.262 e. The Hall–Kier alpha value is -1.53. The van der Waals surface area contributed by atoms with E-state index in [9.17, 15) is 9.59 Å². The molecular weight excluding hydrogens is 276 g/mol. The standard InChI is InChI=1S/C14H16N2O3S/c1-8-11-13(20-12(8)9(2)17)15-7-16(14(11)18)6-10-4-3-5-19-10/h7,10H,3-6H2,1-2H3. The number of hydrogen-bond acceptors (Lipinski definition) is 5. The fourth-order valence-electron chi connectivity index (χ4n) is 2.63. The molecule has 5 nitrogen and oxygen atoms in total. The van der Waals surface area contributed by atoms with Gasteiger partial charge in [-0.1, -0.05) is 0 Å². The van der Waals surface area contributed by atoms with E-state index in [4.69, 9.17) is 4.74 Å². The first-order chi connectivity index (χ1) is 9.58. The summed E-state index contributed by atoms with van der Waals surface area (Å²) < 4.78 is 7.16. The fourth-order valence-corrected chi connectivity index (χ4v) is 3.67. The number of aryl methyl sites for hydroxylation is 1. The summed E-state index contributed by atoms with van der Waals surface area (Å²) in [5.41, 5.74) is 0.670. The van der Waals surface area contributed by atoms with Gasteiger partial charge >= 0.3 is 0 Å². The number of carbonyl (C=O) groups is 1. The van der Waals surface area contributed by atoms with E-state index in [2.05, 4.69) is 4.98 Å². The van der Waals surface area contributed by atoms with Crippen molar-refractivity contribution in [3.05, 3.63) is 27.1 Å². The molecule has 0 aliphatic carbocycles. The van der Waals surface area contributed by atoms with Gasteiger partial charge in [-0.2, -0.15) is 0 Å². The van der Waals surface area contributed by atoms with Crippen molar-refractivity contribution in [1.29, 1.82) is 0 Å². The van der Waals surface area contributed by atoms with Crippen molar-refractivity contribution < 1.29 is 9.53 Å². The van der Waals surface area contributed by atoms with Crippen LogP contribution in [-0.4, -0.2) is 28.0 Å². The maximum absolute atomic E-state index is 12.5. The molecule has 3 rings (SSSR count). The van der Waals surface area contributed by atoms with E-state index in [1.807, 2.05) is 6.92 Å². The molecular formula is C14H16N2O3S. The van der Waals surface area contributed by atoms with E-state index in [-0.39, 0.29) is 17.4 Å². The van der Waals surface area contributed by atoms with Crippen LogP contribution in [0.5, 0.6) is 0 Å². The zero-order valence-corrected chi connectivity index (χ0v) is 12.3. The number of hydrogen-bond donors (Lipinski definition) is 0. The van der Waals surface area contributed by atoms with Crippen LogP contribution in [0.25, 0.3) is 10.2 Å². The minimum Gasteiger partial charge on any atom is -0.376 e. The number of rotatable bonds is 3. The molecule has 0 saturated carbocycles. The maximum Gasteiger partial charge on any atom is 0.262 e. The van der Waals surface area contributed by atoms with Gasteiger partial charge in [-0.25, -0.2) is 4.98 Å². The van der Waals surface area contributed by atoms with Crippen molar-refractivity contribution >= 4 is 27.3 Å². The predicted octanol–water partition coefficient (Wildman–Crippen LogP) is 2.15. The maximum atomic E-state index is 12.5. The van der Waals surface area contributed by atoms with Crippen LogP contribution in [0.2, 0.25) is 0 Å². The van der Waals surface area contributed by atoms with Gasteiger partial charge in [0, 0.05) is 6.61 Å². The van der Waals surface area contributed by atoms with Gasteiger partial charge in [0.05, 0.1) is 29.2 Å². The molecule has 0 bridgehead atoms. The number of ether oxygens (including phenoxy) is 1. The van der Waals surface area contributed by atoms with Gasteiger partial charge in [-0.15, -0.1) is 11.3 Å². The van der Waals surface area contributed by atoms with Crippen molar-refractivity contribution in [3.63, 3.8) is 0 Å². The highest BCUT2D eigenvalue weighted by Crippen LogP contribution is 2.27. The Morgan fingerprint density at radius 3 is 3.05 bits per heavy atom. The molecule has 0 spiro atoms. The van der Waals surface area contributed by atoms with Crippen LogP contribution < -0.4 is 5.56 Å². The Kier molecular flexibility index (Phi) is 3.43. The van der Waals surface area contributed by atoms with Crippen molar-refractivity contribution in [1.82, 2.24) is 9.55 Å². The second-order valence-corrected chi connectivity index (χ2v) is 6.13. The summed E-state index contributed by atoms with van der Waals surface area (Å²) >= 11 is 1.29. The van der Waals surface area contributed by atoms with Crippen LogP contribution in [0.15, 0.2) is 11.1 Å². The average Bonchev–Trinajstić information content (AvgIpc) is 3.01. The molecule has 1 atom stereocenters. The lowest BCUT2D eigenvalue weighted by molar-refractivity contribution is 0.0960. The quantitative estimate of drug-likeness (QED) is 0.813. The molecule has 0 aromatic carbocycles. The summed E-state index contributed by atoms with van der Waals surface area (Å²) in [6.45, 7) is 4.63. The van der Waals surface area contributed by atoms with Crippen LogP contribution in [-0.2, 0) is 11.3 Å². The Balaban J connectivity index is 2.07. The number of aromatic nitrogens is 2. The molecule has 6 heteroatoms. The SMILES string of the molecule is CC(=O)c1sc2ncn(CC3CCCO3)c(=O)c2c1C. The van der Waals surface area contributed by atoms with E-state index >= 15 is 0 Å². The summed E-state index contributed by atoms with van der Waals surface area (Å²) in [5, 5.41) is 0.570. The minimum atomic E-state index is -0.0771. The van der Waals surface area contributed by atoms with Crippen LogP contribution in [0.3, 0.4) is 0 Å². The highest BCUT2D eigenvalue weighted by Gasteiger charge is 2.20. The molecule has 3 heterocycles. The molecule has 1 fully saturated rings.